The summed E-state index contributed by atoms with van der Waals surface area (Å²) in [6.07, 6.45) is 0. The summed E-state index contributed by atoms with van der Waals surface area (Å²) in [5.74, 6) is 1.80. The summed E-state index contributed by atoms with van der Waals surface area (Å²) in [6, 6.07) is 68.9. The van der Waals surface area contributed by atoms with E-state index in [-0.39, 0.29) is 0 Å². The van der Waals surface area contributed by atoms with Crippen molar-refractivity contribution in [2.75, 3.05) is 4.90 Å². The van der Waals surface area contributed by atoms with Gasteiger partial charge in [0.1, 0.15) is 11.5 Å². The van der Waals surface area contributed by atoms with E-state index in [2.05, 4.69) is 193 Å². The van der Waals surface area contributed by atoms with Crippen molar-refractivity contribution in [3.63, 3.8) is 0 Å². The molecule has 0 saturated carbocycles. The number of rotatable bonds is 3. The highest BCUT2D eigenvalue weighted by Crippen LogP contribution is 2.62. The first-order valence-electron chi connectivity index (χ1n) is 18.5. The molecule has 2 heterocycles. The van der Waals surface area contributed by atoms with Crippen LogP contribution < -0.4 is 9.64 Å². The molecule has 2 nitrogen and oxygen atoms in total. The van der Waals surface area contributed by atoms with Crippen molar-refractivity contribution in [2.24, 2.45) is 0 Å². The number of ether oxygens (including phenoxy) is 1. The van der Waals surface area contributed by atoms with Crippen LogP contribution >= 0.6 is 11.3 Å². The summed E-state index contributed by atoms with van der Waals surface area (Å²) in [5.41, 5.74) is 10.2. The molecule has 0 bridgehead atoms. The van der Waals surface area contributed by atoms with Crippen LogP contribution in [0.3, 0.4) is 0 Å². The van der Waals surface area contributed by atoms with E-state index in [4.69, 9.17) is 4.74 Å². The number of benzene rings is 9. The zero-order chi connectivity index (χ0) is 35.4. The fourth-order valence-corrected chi connectivity index (χ4v) is 10.8. The van der Waals surface area contributed by atoms with Gasteiger partial charge in [-0.15, -0.1) is 11.3 Å². The van der Waals surface area contributed by atoms with Gasteiger partial charge in [0.15, 0.2) is 0 Å². The van der Waals surface area contributed by atoms with E-state index in [0.717, 1.165) is 28.6 Å². The first-order valence-corrected chi connectivity index (χ1v) is 19.3. The Morgan fingerprint density at radius 3 is 1.93 bits per heavy atom. The molecular formula is C51H31NOS. The Labute approximate surface area is 316 Å². The molecule has 0 radical (unpaired) electrons. The van der Waals surface area contributed by atoms with E-state index >= 15 is 0 Å². The Kier molecular flexibility index (Phi) is 6.17. The second-order valence-corrected chi connectivity index (χ2v) is 15.4. The quantitative estimate of drug-likeness (QED) is 0.181. The van der Waals surface area contributed by atoms with Crippen LogP contribution in [0.2, 0.25) is 0 Å². The molecular weight excluding hydrogens is 675 g/mol. The van der Waals surface area contributed by atoms with Crippen molar-refractivity contribution in [2.45, 2.75) is 5.41 Å². The van der Waals surface area contributed by atoms with Crippen LogP contribution in [-0.2, 0) is 5.41 Å². The highest BCUT2D eigenvalue weighted by Gasteiger charge is 2.49. The van der Waals surface area contributed by atoms with E-state index in [0.29, 0.717) is 0 Å². The third-order valence-corrected chi connectivity index (χ3v) is 12.9. The highest BCUT2D eigenvalue weighted by molar-refractivity contribution is 7.26. The molecule has 10 aromatic rings. The maximum Gasteiger partial charge on any atom is 0.132 e. The maximum atomic E-state index is 6.65. The van der Waals surface area contributed by atoms with Crippen LogP contribution in [0, 0.1) is 0 Å². The average molecular weight is 706 g/mol. The third kappa shape index (κ3) is 3.94. The van der Waals surface area contributed by atoms with Crippen LogP contribution in [0.5, 0.6) is 11.5 Å². The van der Waals surface area contributed by atoms with Gasteiger partial charge in [-0.25, -0.2) is 0 Å². The lowest BCUT2D eigenvalue weighted by Gasteiger charge is -2.45. The van der Waals surface area contributed by atoms with Crippen molar-refractivity contribution in [1.29, 1.82) is 0 Å². The smallest absolute Gasteiger partial charge is 0.132 e. The molecule has 0 N–H and O–H groups in total. The minimum Gasteiger partial charge on any atom is -0.457 e. The number of hydrogen-bond donors (Lipinski definition) is 0. The van der Waals surface area contributed by atoms with Crippen molar-refractivity contribution in [3.8, 4) is 22.6 Å². The van der Waals surface area contributed by atoms with E-state index < -0.39 is 5.41 Å². The van der Waals surface area contributed by atoms with Gasteiger partial charge in [-0.3, -0.25) is 0 Å². The van der Waals surface area contributed by atoms with Crippen LogP contribution in [0.1, 0.15) is 22.3 Å². The predicted octanol–water partition coefficient (Wildman–Crippen LogP) is 14.3. The summed E-state index contributed by atoms with van der Waals surface area (Å²) in [7, 11) is 0. The molecule has 0 fully saturated rings. The molecule has 1 spiro atoms. The van der Waals surface area contributed by atoms with Gasteiger partial charge in [-0.1, -0.05) is 146 Å². The van der Waals surface area contributed by atoms with E-state index in [1.54, 1.807) is 0 Å². The van der Waals surface area contributed by atoms with E-state index in [9.17, 15) is 0 Å². The predicted molar refractivity (Wildman–Crippen MR) is 226 cm³/mol. The molecule has 0 unspecified atom stereocenters. The molecule has 252 valence electrons. The Morgan fingerprint density at radius 2 is 1.09 bits per heavy atom. The Bertz CT molecular complexity index is 3110. The lowest BCUT2D eigenvalue weighted by atomic mass is 9.58. The summed E-state index contributed by atoms with van der Waals surface area (Å²) in [5, 5.41) is 7.69. The Morgan fingerprint density at radius 1 is 0.426 bits per heavy atom. The van der Waals surface area contributed by atoms with Crippen LogP contribution in [0.4, 0.5) is 17.1 Å². The van der Waals surface area contributed by atoms with Gasteiger partial charge in [0.05, 0.1) is 11.1 Å². The number of para-hydroxylation sites is 3. The van der Waals surface area contributed by atoms with Gasteiger partial charge in [0, 0.05) is 48.1 Å². The van der Waals surface area contributed by atoms with Gasteiger partial charge >= 0.3 is 0 Å². The van der Waals surface area contributed by atoms with Crippen molar-refractivity contribution >= 4 is 70.1 Å². The van der Waals surface area contributed by atoms with E-state index in [1.165, 1.54) is 75.1 Å². The van der Waals surface area contributed by atoms with Crippen molar-refractivity contribution in [1.82, 2.24) is 0 Å². The number of thiophene rings is 1. The summed E-state index contributed by atoms with van der Waals surface area (Å²) in [6.45, 7) is 0. The topological polar surface area (TPSA) is 12.5 Å². The molecule has 0 saturated heterocycles. The molecule has 12 rings (SSSR count). The summed E-state index contributed by atoms with van der Waals surface area (Å²) < 4.78 is 9.28. The highest BCUT2D eigenvalue weighted by atomic mass is 32.1. The molecule has 1 aliphatic carbocycles. The normalized spacial score (nSPS) is 13.5. The van der Waals surface area contributed by atoms with Gasteiger partial charge in [-0.2, -0.15) is 0 Å². The van der Waals surface area contributed by atoms with Crippen LogP contribution in [0.15, 0.2) is 188 Å². The SMILES string of the molecule is c1ccc(N(c2ccc3c(c2)sc2c4ccccc4ccc32)c2ccc3c4c(cccc24)C2(c4ccccc4Oc4ccccc42)c2ccccc2-3)cc1. The summed E-state index contributed by atoms with van der Waals surface area (Å²) in [4.78, 5) is 2.45. The van der Waals surface area contributed by atoms with E-state index in [1.807, 2.05) is 11.3 Å². The van der Waals surface area contributed by atoms with Gasteiger partial charge in [-0.05, 0) is 80.9 Å². The fraction of sp³-hybridized carbons (Fsp3) is 0.0196. The summed E-state index contributed by atoms with van der Waals surface area (Å²) >= 11 is 1.89. The number of nitrogens with zero attached hydrogens (tertiary/aromatic N) is 1. The molecule has 3 heteroatoms. The first-order chi connectivity index (χ1) is 26.8. The first kappa shape index (κ1) is 29.9. The minimum absolute atomic E-state index is 0.566. The average Bonchev–Trinajstić information content (AvgIpc) is 3.62. The molecule has 1 aromatic heterocycles. The largest absolute Gasteiger partial charge is 0.457 e. The minimum atomic E-state index is -0.566. The van der Waals surface area contributed by atoms with Crippen LogP contribution in [-0.4, -0.2) is 0 Å². The van der Waals surface area contributed by atoms with Gasteiger partial charge in [0.2, 0.25) is 0 Å². The van der Waals surface area contributed by atoms with Crippen molar-refractivity contribution < 1.29 is 4.74 Å². The number of fused-ring (bicyclic) bond motifs is 13. The fourth-order valence-electron chi connectivity index (χ4n) is 9.52. The number of hydrogen-bond acceptors (Lipinski definition) is 3. The van der Waals surface area contributed by atoms with Gasteiger partial charge in [0.25, 0.3) is 0 Å². The maximum absolute atomic E-state index is 6.65. The number of anilines is 3. The lowest BCUT2D eigenvalue weighted by Crippen LogP contribution is -2.36. The second kappa shape index (κ2) is 11.2. The Balaban J connectivity index is 1.16. The Hall–Kier alpha value is -6.68. The lowest BCUT2D eigenvalue weighted by molar-refractivity contribution is 0.435. The second-order valence-electron chi connectivity index (χ2n) is 14.4. The monoisotopic (exact) mass is 705 g/mol. The molecule has 54 heavy (non-hydrogen) atoms. The molecule has 0 amide bonds. The van der Waals surface area contributed by atoms with Gasteiger partial charge < -0.3 is 9.64 Å². The molecule has 2 aliphatic rings. The molecule has 0 atom stereocenters. The third-order valence-electron chi connectivity index (χ3n) is 11.7. The zero-order valence-corrected chi connectivity index (χ0v) is 30.0. The molecule has 9 aromatic carbocycles. The molecule has 1 aliphatic heterocycles. The van der Waals surface area contributed by atoms with Crippen LogP contribution in [0.25, 0.3) is 52.8 Å². The standard InChI is InChI=1S/C51H31NOS/c1-2-14-33(15-3-1)52(34-26-28-37-39-27-25-32-13-4-5-16-35(32)50(39)54-48(37)31-34)45-30-29-38-36-17-6-7-19-41(36)51(44-22-12-18-40(45)49(38)44)42-20-8-10-23-46(42)53-47-24-11-9-21-43(47)51/h1-31H. The van der Waals surface area contributed by atoms with Crippen molar-refractivity contribution in [3.05, 3.63) is 210 Å². The zero-order valence-electron chi connectivity index (χ0n) is 29.2.